The van der Waals surface area contributed by atoms with Gasteiger partial charge in [0.05, 0.1) is 5.39 Å². The van der Waals surface area contributed by atoms with Gasteiger partial charge in [-0.05, 0) is 36.6 Å². The zero-order chi connectivity index (χ0) is 21.4. The Morgan fingerprint density at radius 2 is 1.90 bits per heavy atom. The van der Waals surface area contributed by atoms with Gasteiger partial charge in [0.25, 0.3) is 0 Å². The molecule has 5 rings (SSSR count). The minimum Gasteiger partial charge on any atom is -0.347 e. The van der Waals surface area contributed by atoms with E-state index in [0.717, 1.165) is 51.4 Å². The molecule has 31 heavy (non-hydrogen) atoms. The molecule has 0 bridgehead atoms. The Balaban J connectivity index is 1.69. The first kappa shape index (κ1) is 19.6. The normalized spacial score (nSPS) is 16.1. The van der Waals surface area contributed by atoms with Crippen molar-refractivity contribution >= 4 is 33.3 Å². The maximum atomic E-state index is 12.9. The van der Waals surface area contributed by atoms with E-state index in [9.17, 15) is 4.79 Å². The van der Waals surface area contributed by atoms with Crippen LogP contribution in [-0.4, -0.2) is 52.4 Å². The van der Waals surface area contributed by atoms with Crippen LogP contribution in [0.1, 0.15) is 12.8 Å². The Kier molecular flexibility index (Phi) is 5.11. The number of aromatic nitrogens is 3. The topological polar surface area (TPSA) is 62.2 Å². The van der Waals surface area contributed by atoms with Gasteiger partial charge in [0.2, 0.25) is 5.91 Å². The van der Waals surface area contributed by atoms with Crippen LogP contribution in [0.2, 0.25) is 0 Å². The highest BCUT2D eigenvalue weighted by Crippen LogP contribution is 2.39. The maximum Gasteiger partial charge on any atom is 0.244 e. The van der Waals surface area contributed by atoms with Crippen LogP contribution in [0.25, 0.3) is 32.0 Å². The fraction of sp³-hybridized carbons (Fsp3) is 0.250. The molecule has 1 fully saturated rings. The molecule has 1 aromatic carbocycles. The summed E-state index contributed by atoms with van der Waals surface area (Å²) in [7, 11) is 3.63. The largest absolute Gasteiger partial charge is 0.347 e. The molecular formula is C24H23N5OS. The van der Waals surface area contributed by atoms with Crippen LogP contribution in [0.3, 0.4) is 0 Å². The molecule has 0 N–H and O–H groups in total. The van der Waals surface area contributed by atoms with Gasteiger partial charge in [0.1, 0.15) is 16.7 Å². The van der Waals surface area contributed by atoms with Crippen molar-refractivity contribution in [3.05, 3.63) is 60.9 Å². The van der Waals surface area contributed by atoms with E-state index >= 15 is 0 Å². The second kappa shape index (κ2) is 8.07. The van der Waals surface area contributed by atoms with Gasteiger partial charge in [-0.3, -0.25) is 9.78 Å². The predicted molar refractivity (Wildman–Crippen MR) is 125 cm³/mol. The lowest BCUT2D eigenvalue weighted by Crippen LogP contribution is -2.43. The van der Waals surface area contributed by atoms with Gasteiger partial charge >= 0.3 is 0 Å². The molecule has 4 heterocycles. The Labute approximate surface area is 185 Å². The summed E-state index contributed by atoms with van der Waals surface area (Å²) in [4.78, 5) is 32.9. The van der Waals surface area contributed by atoms with Crippen LogP contribution in [0.15, 0.2) is 60.9 Å². The Morgan fingerprint density at radius 3 is 2.65 bits per heavy atom. The number of likely N-dealkylation sites (N-methyl/N-ethyl adjacent to an activating group) is 1. The molecule has 156 valence electrons. The summed E-state index contributed by atoms with van der Waals surface area (Å²) in [5.41, 5.74) is 2.02. The zero-order valence-electron chi connectivity index (χ0n) is 17.5. The van der Waals surface area contributed by atoms with Gasteiger partial charge in [0, 0.05) is 43.5 Å². The maximum absolute atomic E-state index is 12.9. The second-order valence-electron chi connectivity index (χ2n) is 7.89. The van der Waals surface area contributed by atoms with E-state index in [0.29, 0.717) is 5.82 Å². The van der Waals surface area contributed by atoms with Crippen molar-refractivity contribution in [1.82, 2.24) is 19.9 Å². The minimum atomic E-state index is -0.199. The molecule has 1 saturated heterocycles. The molecule has 3 aromatic heterocycles. The third kappa shape index (κ3) is 3.65. The summed E-state index contributed by atoms with van der Waals surface area (Å²) in [6.07, 6.45) is 5.32. The first-order valence-corrected chi connectivity index (χ1v) is 11.2. The van der Waals surface area contributed by atoms with Crippen LogP contribution in [0.4, 0.5) is 5.82 Å². The molecule has 0 saturated carbocycles. The van der Waals surface area contributed by atoms with E-state index in [4.69, 9.17) is 9.97 Å². The molecule has 1 unspecified atom stereocenters. The summed E-state index contributed by atoms with van der Waals surface area (Å²) in [5, 5.41) is 0.995. The van der Waals surface area contributed by atoms with E-state index in [1.165, 1.54) is 0 Å². The summed E-state index contributed by atoms with van der Waals surface area (Å²) in [5.74, 6) is 1.59. The van der Waals surface area contributed by atoms with Gasteiger partial charge in [-0.25, -0.2) is 9.97 Å². The summed E-state index contributed by atoms with van der Waals surface area (Å²) < 4.78 is 0. The lowest BCUT2D eigenvalue weighted by Gasteiger charge is -2.27. The lowest BCUT2D eigenvalue weighted by atomic mass is 10.1. The highest BCUT2D eigenvalue weighted by molar-refractivity contribution is 7.22. The van der Waals surface area contributed by atoms with Gasteiger partial charge in [0.15, 0.2) is 5.82 Å². The van der Waals surface area contributed by atoms with Crippen LogP contribution < -0.4 is 4.90 Å². The minimum absolute atomic E-state index is 0.116. The van der Waals surface area contributed by atoms with E-state index in [1.54, 1.807) is 28.6 Å². The standard InChI is InChI=1S/C24H23N5OS/c1-28(2)24(30)19-11-7-13-29(19)22-18-14-20(16-8-4-3-5-9-16)31-23(18)27-21(26-22)17-10-6-12-25-15-17/h3-6,8-10,12,14-15,19H,7,11,13H2,1-2H3. The molecule has 1 amide bonds. The van der Waals surface area contributed by atoms with E-state index in [1.807, 2.05) is 44.4 Å². The highest BCUT2D eigenvalue weighted by Gasteiger charge is 2.34. The summed E-state index contributed by atoms with van der Waals surface area (Å²) in [6, 6.07) is 16.1. The number of pyridine rings is 1. The smallest absolute Gasteiger partial charge is 0.244 e. The SMILES string of the molecule is CN(C)C(=O)C1CCCN1c1nc(-c2cccnc2)nc2sc(-c3ccccc3)cc12. The van der Waals surface area contributed by atoms with Crippen molar-refractivity contribution in [2.75, 3.05) is 25.5 Å². The van der Waals surface area contributed by atoms with Crippen LogP contribution in [-0.2, 0) is 4.79 Å². The van der Waals surface area contributed by atoms with Crippen molar-refractivity contribution in [3.8, 4) is 21.8 Å². The number of hydrogen-bond acceptors (Lipinski definition) is 6. The van der Waals surface area contributed by atoms with Crippen molar-refractivity contribution in [3.63, 3.8) is 0 Å². The fourth-order valence-corrected chi connectivity index (χ4v) is 5.10. The molecule has 0 radical (unpaired) electrons. The monoisotopic (exact) mass is 429 g/mol. The zero-order valence-corrected chi connectivity index (χ0v) is 18.3. The molecule has 1 atom stereocenters. The van der Waals surface area contributed by atoms with Crippen LogP contribution in [0.5, 0.6) is 0 Å². The van der Waals surface area contributed by atoms with E-state index < -0.39 is 0 Å². The number of carbonyl (C=O) groups is 1. The summed E-state index contributed by atoms with van der Waals surface area (Å²) >= 11 is 1.65. The molecule has 1 aliphatic rings. The second-order valence-corrected chi connectivity index (χ2v) is 8.92. The molecule has 1 aliphatic heterocycles. The average Bonchev–Trinajstić information content (AvgIpc) is 3.46. The quantitative estimate of drug-likeness (QED) is 0.479. The molecule has 4 aromatic rings. The fourth-order valence-electron chi connectivity index (χ4n) is 4.07. The van der Waals surface area contributed by atoms with Gasteiger partial charge in [-0.2, -0.15) is 0 Å². The molecule has 0 aliphatic carbocycles. The number of carbonyl (C=O) groups excluding carboxylic acids is 1. The Morgan fingerprint density at radius 1 is 1.10 bits per heavy atom. The highest BCUT2D eigenvalue weighted by atomic mass is 32.1. The first-order chi connectivity index (χ1) is 15.1. The van der Waals surface area contributed by atoms with Gasteiger partial charge in [-0.15, -0.1) is 11.3 Å². The summed E-state index contributed by atoms with van der Waals surface area (Å²) in [6.45, 7) is 0.805. The number of fused-ring (bicyclic) bond motifs is 1. The molecular weight excluding hydrogens is 406 g/mol. The molecule has 0 spiro atoms. The predicted octanol–water partition coefficient (Wildman–Crippen LogP) is 4.48. The van der Waals surface area contributed by atoms with Crippen LogP contribution >= 0.6 is 11.3 Å². The van der Waals surface area contributed by atoms with E-state index in [-0.39, 0.29) is 11.9 Å². The Bertz CT molecular complexity index is 1220. The number of nitrogens with zero attached hydrogens (tertiary/aromatic N) is 5. The Hall–Kier alpha value is -3.32. The number of hydrogen-bond donors (Lipinski definition) is 0. The number of rotatable bonds is 4. The number of amides is 1. The number of benzene rings is 1. The third-order valence-electron chi connectivity index (χ3n) is 5.60. The number of anilines is 1. The lowest BCUT2D eigenvalue weighted by molar-refractivity contribution is -0.129. The first-order valence-electron chi connectivity index (χ1n) is 10.4. The third-order valence-corrected chi connectivity index (χ3v) is 6.68. The van der Waals surface area contributed by atoms with E-state index in [2.05, 4.69) is 28.1 Å². The van der Waals surface area contributed by atoms with Crippen molar-refractivity contribution in [1.29, 1.82) is 0 Å². The van der Waals surface area contributed by atoms with Crippen molar-refractivity contribution in [2.45, 2.75) is 18.9 Å². The average molecular weight is 430 g/mol. The van der Waals surface area contributed by atoms with Crippen LogP contribution in [0, 0.1) is 0 Å². The van der Waals surface area contributed by atoms with Gasteiger partial charge in [-0.1, -0.05) is 30.3 Å². The van der Waals surface area contributed by atoms with Gasteiger partial charge < -0.3 is 9.80 Å². The number of thiophene rings is 1. The van der Waals surface area contributed by atoms with Crippen molar-refractivity contribution in [2.24, 2.45) is 0 Å². The van der Waals surface area contributed by atoms with Crippen molar-refractivity contribution < 1.29 is 4.79 Å². The molecule has 6 nitrogen and oxygen atoms in total. The molecule has 7 heteroatoms.